The zero-order valence-electron chi connectivity index (χ0n) is 15.5. The van der Waals surface area contributed by atoms with Crippen LogP contribution < -0.4 is 0 Å². The van der Waals surface area contributed by atoms with Gasteiger partial charge in [-0.3, -0.25) is 9.56 Å². The summed E-state index contributed by atoms with van der Waals surface area (Å²) in [5.41, 5.74) is 5.43. The van der Waals surface area contributed by atoms with E-state index in [0.717, 1.165) is 39.7 Å². The average molecular weight is 383 g/mol. The van der Waals surface area contributed by atoms with Crippen LogP contribution in [0.25, 0.3) is 5.69 Å². The van der Waals surface area contributed by atoms with Crippen LogP contribution in [0.15, 0.2) is 47.5 Å². The third kappa shape index (κ3) is 3.17. The van der Waals surface area contributed by atoms with Gasteiger partial charge >= 0.3 is 0 Å². The molecule has 0 N–H and O–H groups in total. The van der Waals surface area contributed by atoms with Crippen LogP contribution in [0.1, 0.15) is 28.3 Å². The highest BCUT2D eigenvalue weighted by molar-refractivity contribution is 6.36. The number of halogens is 2. The van der Waals surface area contributed by atoms with Crippen molar-refractivity contribution in [1.82, 2.24) is 14.5 Å². The van der Waals surface area contributed by atoms with Crippen LogP contribution in [-0.4, -0.2) is 34.3 Å². The van der Waals surface area contributed by atoms with Crippen LogP contribution >= 0.6 is 11.6 Å². The van der Waals surface area contributed by atoms with Gasteiger partial charge in [0, 0.05) is 11.1 Å². The number of nitrogens with zero attached hydrogens (tertiary/aromatic N) is 4. The molecule has 6 heteroatoms. The molecule has 0 unspecified atom stereocenters. The van der Waals surface area contributed by atoms with Crippen molar-refractivity contribution in [1.29, 1.82) is 0 Å². The highest BCUT2D eigenvalue weighted by Crippen LogP contribution is 2.32. The Hall–Kier alpha value is -2.50. The van der Waals surface area contributed by atoms with Crippen LogP contribution in [0, 0.1) is 12.7 Å². The molecule has 0 radical (unpaired) electrons. The fourth-order valence-electron chi connectivity index (χ4n) is 3.49. The van der Waals surface area contributed by atoms with E-state index >= 15 is 0 Å². The van der Waals surface area contributed by atoms with E-state index in [1.54, 1.807) is 12.1 Å². The maximum Gasteiger partial charge on any atom is 0.128 e. The summed E-state index contributed by atoms with van der Waals surface area (Å²) in [6.45, 7) is 3.20. The second-order valence-electron chi connectivity index (χ2n) is 6.94. The van der Waals surface area contributed by atoms with Gasteiger partial charge in [0.2, 0.25) is 0 Å². The second-order valence-corrected chi connectivity index (χ2v) is 7.35. The third-order valence-electron chi connectivity index (χ3n) is 4.67. The first-order valence-electron chi connectivity index (χ1n) is 8.77. The largest absolute Gasteiger partial charge is 0.302 e. The minimum Gasteiger partial charge on any atom is -0.302 e. The van der Waals surface area contributed by atoms with E-state index in [-0.39, 0.29) is 5.82 Å². The van der Waals surface area contributed by atoms with Crippen LogP contribution in [0.5, 0.6) is 0 Å². The molecule has 138 valence electrons. The minimum atomic E-state index is -0.271. The second kappa shape index (κ2) is 6.91. The molecular formula is C21H20ClFN4. The van der Waals surface area contributed by atoms with Gasteiger partial charge in [0.25, 0.3) is 0 Å². The van der Waals surface area contributed by atoms with Gasteiger partial charge in [-0.25, -0.2) is 9.37 Å². The topological polar surface area (TPSA) is 33.4 Å². The Balaban J connectivity index is 1.97. The van der Waals surface area contributed by atoms with Crippen molar-refractivity contribution in [2.45, 2.75) is 20.0 Å². The summed E-state index contributed by atoms with van der Waals surface area (Å²) in [4.78, 5) is 11.7. The lowest BCUT2D eigenvalue weighted by atomic mass is 10.00. The number of rotatable bonds is 3. The molecule has 1 aliphatic rings. The van der Waals surface area contributed by atoms with Crippen molar-refractivity contribution >= 4 is 17.3 Å². The first kappa shape index (κ1) is 17.9. The number of hydrogen-bond donors (Lipinski definition) is 0. The first-order chi connectivity index (χ1) is 13.0. The molecule has 1 aliphatic heterocycles. The van der Waals surface area contributed by atoms with Crippen LogP contribution in [0.3, 0.4) is 0 Å². The minimum absolute atomic E-state index is 0.271. The average Bonchev–Trinajstić information content (AvgIpc) is 2.81. The van der Waals surface area contributed by atoms with Gasteiger partial charge in [0.1, 0.15) is 11.6 Å². The molecule has 27 heavy (non-hydrogen) atoms. The molecule has 4 nitrogen and oxygen atoms in total. The zero-order chi connectivity index (χ0) is 19.1. The SMILES string of the molecule is Cc1nc(CN(C)C)n2c1CN=C(c1ccc(F)cc1)c1c(Cl)cccc1-2. The number of benzene rings is 2. The van der Waals surface area contributed by atoms with E-state index < -0.39 is 0 Å². The van der Waals surface area contributed by atoms with Crippen molar-refractivity contribution in [3.8, 4) is 5.69 Å². The van der Waals surface area contributed by atoms with E-state index in [0.29, 0.717) is 18.1 Å². The van der Waals surface area contributed by atoms with Gasteiger partial charge in [-0.2, -0.15) is 0 Å². The van der Waals surface area contributed by atoms with Crippen molar-refractivity contribution in [2.75, 3.05) is 14.1 Å². The van der Waals surface area contributed by atoms with Crippen molar-refractivity contribution in [3.05, 3.63) is 81.6 Å². The smallest absolute Gasteiger partial charge is 0.128 e. The van der Waals surface area contributed by atoms with Gasteiger partial charge in [-0.05, 0) is 57.4 Å². The third-order valence-corrected chi connectivity index (χ3v) is 4.99. The monoisotopic (exact) mass is 382 g/mol. The fourth-order valence-corrected chi connectivity index (χ4v) is 3.75. The van der Waals surface area contributed by atoms with E-state index in [9.17, 15) is 4.39 Å². The van der Waals surface area contributed by atoms with Crippen LogP contribution in [0.4, 0.5) is 4.39 Å². The van der Waals surface area contributed by atoms with Gasteiger partial charge in [-0.1, -0.05) is 17.7 Å². The van der Waals surface area contributed by atoms with Crippen molar-refractivity contribution in [2.24, 2.45) is 4.99 Å². The quantitative estimate of drug-likeness (QED) is 0.673. The fraction of sp³-hybridized carbons (Fsp3) is 0.238. The molecule has 4 rings (SSSR count). The predicted octanol–water partition coefficient (Wildman–Crippen LogP) is 4.39. The van der Waals surface area contributed by atoms with Crippen LogP contribution in [0.2, 0.25) is 5.02 Å². The summed E-state index contributed by atoms with van der Waals surface area (Å²) >= 11 is 6.62. The molecule has 0 saturated carbocycles. The Morgan fingerprint density at radius 2 is 1.89 bits per heavy atom. The Bertz CT molecular complexity index is 1040. The maximum absolute atomic E-state index is 13.4. The summed E-state index contributed by atoms with van der Waals surface area (Å²) in [6.07, 6.45) is 0. The number of aryl methyl sites for hydroxylation is 1. The standard InChI is InChI=1S/C21H20ClFN4/c1-13-18-11-24-21(14-7-9-15(23)10-8-14)20-16(22)5-4-6-17(20)27(18)19(25-13)12-26(2)3/h4-10H,11-12H2,1-3H3. The number of hydrogen-bond acceptors (Lipinski definition) is 3. The molecule has 0 saturated heterocycles. The van der Waals surface area contributed by atoms with E-state index in [1.165, 1.54) is 12.1 Å². The molecular weight excluding hydrogens is 363 g/mol. The first-order valence-corrected chi connectivity index (χ1v) is 9.15. The maximum atomic E-state index is 13.4. The predicted molar refractivity (Wildman–Crippen MR) is 106 cm³/mol. The van der Waals surface area contributed by atoms with E-state index in [2.05, 4.69) is 9.47 Å². The normalized spacial score (nSPS) is 13.2. The van der Waals surface area contributed by atoms with Gasteiger partial charge in [0.05, 0.1) is 40.9 Å². The summed E-state index contributed by atoms with van der Waals surface area (Å²) in [7, 11) is 4.04. The highest BCUT2D eigenvalue weighted by Gasteiger charge is 2.25. The van der Waals surface area contributed by atoms with E-state index in [4.69, 9.17) is 21.6 Å². The molecule has 1 aromatic heterocycles. The zero-order valence-corrected chi connectivity index (χ0v) is 16.3. The molecule has 2 heterocycles. The number of aromatic nitrogens is 2. The highest BCUT2D eigenvalue weighted by atomic mass is 35.5. The lowest BCUT2D eigenvalue weighted by molar-refractivity contribution is 0.387. The summed E-state index contributed by atoms with van der Waals surface area (Å²) in [6, 6.07) is 12.2. The lowest BCUT2D eigenvalue weighted by Gasteiger charge is -2.17. The summed E-state index contributed by atoms with van der Waals surface area (Å²) in [5.74, 6) is 0.679. The number of imidazole rings is 1. The Morgan fingerprint density at radius 1 is 1.15 bits per heavy atom. The van der Waals surface area contributed by atoms with Crippen molar-refractivity contribution in [3.63, 3.8) is 0 Å². The summed E-state index contributed by atoms with van der Waals surface area (Å²) in [5, 5.41) is 0.616. The van der Waals surface area contributed by atoms with Crippen LogP contribution in [-0.2, 0) is 13.1 Å². The molecule has 0 atom stereocenters. The number of aliphatic imine (C=N–C) groups is 1. The Kier molecular flexibility index (Phi) is 4.58. The molecule has 3 aromatic rings. The molecule has 0 aliphatic carbocycles. The number of fused-ring (bicyclic) bond motifs is 3. The molecule has 0 fully saturated rings. The molecule has 0 spiro atoms. The van der Waals surface area contributed by atoms with Crippen molar-refractivity contribution < 1.29 is 4.39 Å². The van der Waals surface area contributed by atoms with Gasteiger partial charge in [0.15, 0.2) is 0 Å². The van der Waals surface area contributed by atoms with Gasteiger partial charge < -0.3 is 4.90 Å². The Morgan fingerprint density at radius 3 is 2.59 bits per heavy atom. The van der Waals surface area contributed by atoms with Gasteiger partial charge in [-0.15, -0.1) is 0 Å². The lowest BCUT2D eigenvalue weighted by Crippen LogP contribution is -2.16. The Labute approximate surface area is 162 Å². The van der Waals surface area contributed by atoms with E-state index in [1.807, 2.05) is 39.2 Å². The molecule has 2 aromatic carbocycles. The molecule has 0 amide bonds. The molecule has 0 bridgehead atoms. The summed E-state index contributed by atoms with van der Waals surface area (Å²) < 4.78 is 15.6.